The van der Waals surface area contributed by atoms with Gasteiger partial charge >= 0.3 is 5.97 Å². The highest BCUT2D eigenvalue weighted by atomic mass is 35.5. The molecule has 1 aliphatic rings. The molecule has 3 heterocycles. The van der Waals surface area contributed by atoms with Gasteiger partial charge in [-0.25, -0.2) is 0 Å². The molecule has 0 unspecified atom stereocenters. The van der Waals surface area contributed by atoms with E-state index in [1.807, 2.05) is 54.7 Å². The molecule has 0 bridgehead atoms. The number of halogens is 1. The largest absolute Gasteiger partial charge is 0.493 e. The molecule has 38 heavy (non-hydrogen) atoms. The predicted molar refractivity (Wildman–Crippen MR) is 139 cm³/mol. The highest BCUT2D eigenvalue weighted by Crippen LogP contribution is 2.46. The van der Waals surface area contributed by atoms with Gasteiger partial charge in [-0.2, -0.15) is 4.80 Å². The molecule has 0 aliphatic carbocycles. The molecule has 0 radical (unpaired) electrons. The Balaban J connectivity index is 1.49. The Kier molecular flexibility index (Phi) is 7.62. The molecule has 198 valence electrons. The number of esters is 1. The Bertz CT molecular complexity index is 1430. The second-order valence-electron chi connectivity index (χ2n) is 8.67. The fraction of sp³-hybridized carbons (Fsp3) is 0.333. The van der Waals surface area contributed by atoms with Crippen LogP contribution in [0.1, 0.15) is 48.2 Å². The minimum absolute atomic E-state index is 0.0234. The van der Waals surface area contributed by atoms with E-state index in [0.29, 0.717) is 41.9 Å². The molecule has 0 saturated heterocycles. The Morgan fingerprint density at radius 3 is 2.76 bits per heavy atom. The predicted octanol–water partition coefficient (Wildman–Crippen LogP) is 4.49. The van der Waals surface area contributed by atoms with Crippen LogP contribution < -0.4 is 9.47 Å². The molecule has 0 fully saturated rings. The number of carbonyl (C=O) groups excluding carboxylic acids is 1. The molecular weight excluding hydrogens is 510 g/mol. The first-order valence-electron chi connectivity index (χ1n) is 12.3. The molecular formula is C27H28ClN5O5. The van der Waals surface area contributed by atoms with E-state index in [4.69, 9.17) is 30.5 Å². The lowest BCUT2D eigenvalue weighted by molar-refractivity contribution is -0.142. The van der Waals surface area contributed by atoms with Crippen LogP contribution in [0.3, 0.4) is 0 Å². The zero-order valence-corrected chi connectivity index (χ0v) is 22.1. The lowest BCUT2D eigenvalue weighted by Crippen LogP contribution is -2.15. The molecule has 10 nitrogen and oxygen atoms in total. The maximum atomic E-state index is 11.8. The van der Waals surface area contributed by atoms with E-state index in [1.54, 1.807) is 21.1 Å². The van der Waals surface area contributed by atoms with Crippen molar-refractivity contribution in [3.8, 4) is 17.2 Å². The standard InChI is InChI=1S/C27H28ClN5O5/c1-4-37-25(34)16-24-29-31-33(30-24)14-12-22-21-8-6-13-32(21)20-11-10-17(28)15-19(20)26(38-22)18-7-5-9-23(35-2)27(18)36-3/h5-11,13,15,22,26H,4,12,14,16H2,1-3H3/t22-,26-/m1/s1. The van der Waals surface area contributed by atoms with Gasteiger partial charge < -0.3 is 23.5 Å². The molecule has 2 aromatic heterocycles. The number of fused-ring (bicyclic) bond motifs is 3. The fourth-order valence-electron chi connectivity index (χ4n) is 4.73. The Labute approximate surface area is 225 Å². The minimum Gasteiger partial charge on any atom is -0.493 e. The van der Waals surface area contributed by atoms with Gasteiger partial charge in [0.25, 0.3) is 0 Å². The van der Waals surface area contributed by atoms with Gasteiger partial charge in [0.1, 0.15) is 18.6 Å². The van der Waals surface area contributed by atoms with Crippen molar-refractivity contribution in [2.24, 2.45) is 0 Å². The summed E-state index contributed by atoms with van der Waals surface area (Å²) >= 11 is 6.47. The number of ether oxygens (including phenoxy) is 4. The zero-order chi connectivity index (χ0) is 26.6. The van der Waals surface area contributed by atoms with Crippen LogP contribution >= 0.6 is 11.6 Å². The van der Waals surface area contributed by atoms with E-state index >= 15 is 0 Å². The zero-order valence-electron chi connectivity index (χ0n) is 21.3. The first-order valence-corrected chi connectivity index (χ1v) is 12.7. The summed E-state index contributed by atoms with van der Waals surface area (Å²) in [6, 6.07) is 15.5. The summed E-state index contributed by atoms with van der Waals surface area (Å²) in [5, 5.41) is 13.0. The second kappa shape index (κ2) is 11.2. The van der Waals surface area contributed by atoms with E-state index < -0.39 is 6.10 Å². The fourth-order valence-corrected chi connectivity index (χ4v) is 4.91. The van der Waals surface area contributed by atoms with Crippen molar-refractivity contribution >= 4 is 17.6 Å². The Morgan fingerprint density at radius 1 is 1.11 bits per heavy atom. The Morgan fingerprint density at radius 2 is 1.97 bits per heavy atom. The summed E-state index contributed by atoms with van der Waals surface area (Å²) < 4.78 is 25.3. The molecule has 0 spiro atoms. The number of rotatable bonds is 9. The molecule has 0 amide bonds. The summed E-state index contributed by atoms with van der Waals surface area (Å²) in [5.41, 5.74) is 3.66. The average Bonchev–Trinajstić information content (AvgIpc) is 3.56. The van der Waals surface area contributed by atoms with Gasteiger partial charge in [0.15, 0.2) is 17.3 Å². The molecule has 1 aliphatic heterocycles. The van der Waals surface area contributed by atoms with Crippen LogP contribution in [-0.2, 0) is 27.2 Å². The number of benzene rings is 2. The van der Waals surface area contributed by atoms with Gasteiger partial charge in [-0.3, -0.25) is 4.79 Å². The summed E-state index contributed by atoms with van der Waals surface area (Å²) in [4.78, 5) is 13.3. The first-order chi connectivity index (χ1) is 18.5. The number of hydrogen-bond donors (Lipinski definition) is 0. The van der Waals surface area contributed by atoms with Gasteiger partial charge in [0, 0.05) is 28.8 Å². The summed E-state index contributed by atoms with van der Waals surface area (Å²) in [5.74, 6) is 1.13. The van der Waals surface area contributed by atoms with Crippen molar-refractivity contribution < 1.29 is 23.7 Å². The maximum absolute atomic E-state index is 11.8. The molecule has 0 saturated carbocycles. The number of tetrazole rings is 1. The summed E-state index contributed by atoms with van der Waals surface area (Å²) in [7, 11) is 3.22. The quantitative estimate of drug-likeness (QED) is 0.288. The van der Waals surface area contributed by atoms with E-state index in [1.165, 1.54) is 4.80 Å². The van der Waals surface area contributed by atoms with Crippen LogP contribution in [0.4, 0.5) is 0 Å². The number of aryl methyl sites for hydroxylation is 1. The molecule has 2 aromatic carbocycles. The van der Waals surface area contributed by atoms with Crippen molar-refractivity contribution in [1.29, 1.82) is 0 Å². The van der Waals surface area contributed by atoms with E-state index in [-0.39, 0.29) is 18.5 Å². The third-order valence-corrected chi connectivity index (χ3v) is 6.59. The smallest absolute Gasteiger partial charge is 0.313 e. The van der Waals surface area contributed by atoms with Gasteiger partial charge in [-0.05, 0) is 48.5 Å². The van der Waals surface area contributed by atoms with Crippen molar-refractivity contribution in [2.75, 3.05) is 20.8 Å². The number of carbonyl (C=O) groups is 1. The highest BCUT2D eigenvalue weighted by Gasteiger charge is 2.33. The van der Waals surface area contributed by atoms with Gasteiger partial charge in [-0.1, -0.05) is 23.7 Å². The number of methoxy groups -OCH3 is 2. The molecule has 4 aromatic rings. The van der Waals surface area contributed by atoms with E-state index in [2.05, 4.69) is 20.0 Å². The van der Waals surface area contributed by atoms with E-state index in [9.17, 15) is 4.79 Å². The highest BCUT2D eigenvalue weighted by molar-refractivity contribution is 6.30. The molecule has 0 N–H and O–H groups in total. The van der Waals surface area contributed by atoms with Crippen LogP contribution in [0.5, 0.6) is 11.5 Å². The number of aromatic nitrogens is 5. The second-order valence-corrected chi connectivity index (χ2v) is 9.10. The number of nitrogens with zero attached hydrogens (tertiary/aromatic N) is 5. The van der Waals surface area contributed by atoms with Crippen molar-refractivity contribution in [2.45, 2.75) is 38.5 Å². The normalized spacial score (nSPS) is 16.3. The Hall–Kier alpha value is -3.89. The van der Waals surface area contributed by atoms with Crippen LogP contribution in [0.2, 0.25) is 5.02 Å². The lowest BCUT2D eigenvalue weighted by atomic mass is 9.98. The average molecular weight is 538 g/mol. The SMILES string of the molecule is CCOC(=O)Cc1nnn(CC[C@H]2O[C@H](c3cccc(OC)c3OC)c3cc(Cl)ccc3-n3cccc32)n1. The summed E-state index contributed by atoms with van der Waals surface area (Å²) in [6.45, 7) is 2.48. The van der Waals surface area contributed by atoms with Gasteiger partial charge in [0.2, 0.25) is 0 Å². The third kappa shape index (κ3) is 5.09. The van der Waals surface area contributed by atoms with Crippen molar-refractivity contribution in [1.82, 2.24) is 24.8 Å². The lowest BCUT2D eigenvalue weighted by Gasteiger charge is -2.25. The van der Waals surface area contributed by atoms with Crippen LogP contribution in [0, 0.1) is 0 Å². The minimum atomic E-state index is -0.498. The van der Waals surface area contributed by atoms with E-state index in [0.717, 1.165) is 22.5 Å². The molecule has 11 heteroatoms. The van der Waals surface area contributed by atoms with Crippen molar-refractivity contribution in [3.63, 3.8) is 0 Å². The number of para-hydroxylation sites is 1. The van der Waals surface area contributed by atoms with Crippen LogP contribution in [0.25, 0.3) is 5.69 Å². The maximum Gasteiger partial charge on any atom is 0.313 e. The monoisotopic (exact) mass is 537 g/mol. The van der Waals surface area contributed by atoms with Crippen LogP contribution in [-0.4, -0.2) is 51.6 Å². The van der Waals surface area contributed by atoms with Crippen molar-refractivity contribution in [3.05, 3.63) is 82.4 Å². The topological polar surface area (TPSA) is 103 Å². The van der Waals surface area contributed by atoms with Gasteiger partial charge in [-0.15, -0.1) is 10.2 Å². The molecule has 5 rings (SSSR count). The van der Waals surface area contributed by atoms with Crippen LogP contribution in [0.15, 0.2) is 54.7 Å². The van der Waals surface area contributed by atoms with Gasteiger partial charge in [0.05, 0.1) is 38.8 Å². The number of hydrogen-bond acceptors (Lipinski definition) is 8. The summed E-state index contributed by atoms with van der Waals surface area (Å²) in [6.07, 6.45) is 1.70. The third-order valence-electron chi connectivity index (χ3n) is 6.35. The molecule has 2 atom stereocenters. The first kappa shape index (κ1) is 25.7.